The van der Waals surface area contributed by atoms with Crippen LogP contribution in [0.25, 0.3) is 6.08 Å². The van der Waals surface area contributed by atoms with Gasteiger partial charge in [0.25, 0.3) is 0 Å². The van der Waals surface area contributed by atoms with Crippen LogP contribution in [-0.4, -0.2) is 10.9 Å². The zero-order chi connectivity index (χ0) is 19.9. The van der Waals surface area contributed by atoms with Crippen LogP contribution in [0.4, 0.5) is 8.78 Å². The van der Waals surface area contributed by atoms with Crippen LogP contribution in [0.5, 0.6) is 11.5 Å². The quantitative estimate of drug-likeness (QED) is 0.610. The first-order valence-electron chi connectivity index (χ1n) is 8.63. The fourth-order valence-electron chi connectivity index (χ4n) is 2.55. The second-order valence-electron chi connectivity index (χ2n) is 6.06. The topological polar surface area (TPSA) is 51.2 Å². The molecule has 142 valence electrons. The number of nitrogens with one attached hydrogen (secondary N) is 1. The Hall–Kier alpha value is -3.54. The molecule has 3 rings (SSSR count). The first-order chi connectivity index (χ1) is 13.5. The Balaban J connectivity index is 1.64. The first-order valence-corrected chi connectivity index (χ1v) is 8.63. The molecule has 0 fully saturated rings. The van der Waals surface area contributed by atoms with Crippen molar-refractivity contribution >= 4 is 12.0 Å². The SMILES string of the molecule is C[C@H](NC(=O)C=Cc1cccc(F)c1F)c1cccc(Oc2ccncc2)c1. The van der Waals surface area contributed by atoms with E-state index in [9.17, 15) is 13.6 Å². The van der Waals surface area contributed by atoms with E-state index >= 15 is 0 Å². The van der Waals surface area contributed by atoms with Gasteiger partial charge in [-0.3, -0.25) is 9.78 Å². The van der Waals surface area contributed by atoms with Crippen LogP contribution in [0, 0.1) is 11.6 Å². The van der Waals surface area contributed by atoms with Crippen LogP contribution >= 0.6 is 0 Å². The number of carbonyl (C=O) groups excluding carboxylic acids is 1. The van der Waals surface area contributed by atoms with Gasteiger partial charge in [-0.25, -0.2) is 8.78 Å². The van der Waals surface area contributed by atoms with Gasteiger partial charge in [-0.15, -0.1) is 0 Å². The summed E-state index contributed by atoms with van der Waals surface area (Å²) in [6, 6.07) is 14.3. The van der Waals surface area contributed by atoms with Crippen LogP contribution in [0.3, 0.4) is 0 Å². The van der Waals surface area contributed by atoms with Gasteiger partial charge in [-0.05, 0) is 48.9 Å². The van der Waals surface area contributed by atoms with Crippen molar-refractivity contribution in [3.05, 3.63) is 95.8 Å². The smallest absolute Gasteiger partial charge is 0.244 e. The van der Waals surface area contributed by atoms with E-state index in [1.165, 1.54) is 24.3 Å². The normalized spacial score (nSPS) is 12.0. The van der Waals surface area contributed by atoms with Crippen molar-refractivity contribution in [3.63, 3.8) is 0 Å². The van der Waals surface area contributed by atoms with E-state index in [4.69, 9.17) is 4.74 Å². The number of ether oxygens (including phenoxy) is 1. The highest BCUT2D eigenvalue weighted by atomic mass is 19.2. The van der Waals surface area contributed by atoms with E-state index in [2.05, 4.69) is 10.3 Å². The number of hydrogen-bond donors (Lipinski definition) is 1. The van der Waals surface area contributed by atoms with Crippen molar-refractivity contribution in [2.24, 2.45) is 0 Å². The molecule has 0 saturated heterocycles. The summed E-state index contributed by atoms with van der Waals surface area (Å²) >= 11 is 0. The Kier molecular flexibility index (Phi) is 6.11. The number of pyridine rings is 1. The minimum Gasteiger partial charge on any atom is -0.457 e. The summed E-state index contributed by atoms with van der Waals surface area (Å²) in [6.45, 7) is 1.82. The van der Waals surface area contributed by atoms with Gasteiger partial charge in [-0.1, -0.05) is 24.3 Å². The van der Waals surface area contributed by atoms with Crippen molar-refractivity contribution in [3.8, 4) is 11.5 Å². The van der Waals surface area contributed by atoms with Gasteiger partial charge in [0, 0.05) is 24.0 Å². The Labute approximate surface area is 161 Å². The number of carbonyl (C=O) groups is 1. The van der Waals surface area contributed by atoms with Crippen molar-refractivity contribution in [1.29, 1.82) is 0 Å². The van der Waals surface area contributed by atoms with Crippen LogP contribution in [0.2, 0.25) is 0 Å². The van der Waals surface area contributed by atoms with Crippen LogP contribution in [0.15, 0.2) is 73.1 Å². The standard InChI is InChI=1S/C22H18F2N2O2/c1-15(26-21(27)9-8-16-4-3-7-20(23)22(16)24)17-5-2-6-19(14-17)28-18-10-12-25-13-11-18/h2-15H,1H3,(H,26,27)/t15-/m0/s1. The second kappa shape index (κ2) is 8.90. The molecule has 4 nitrogen and oxygen atoms in total. The molecule has 0 aliphatic carbocycles. The van der Waals surface area contributed by atoms with Gasteiger partial charge in [0.1, 0.15) is 11.5 Å². The Morgan fingerprint density at radius 3 is 2.61 bits per heavy atom. The summed E-state index contributed by atoms with van der Waals surface area (Å²) in [5, 5.41) is 2.78. The van der Waals surface area contributed by atoms with Crippen LogP contribution < -0.4 is 10.1 Å². The molecule has 0 aliphatic rings. The lowest BCUT2D eigenvalue weighted by Crippen LogP contribution is -2.24. The van der Waals surface area contributed by atoms with Crippen LogP contribution in [-0.2, 0) is 4.79 Å². The average molecular weight is 380 g/mol. The monoisotopic (exact) mass is 380 g/mol. The molecule has 1 N–H and O–H groups in total. The molecule has 0 unspecified atom stereocenters. The molecular weight excluding hydrogens is 362 g/mol. The van der Waals surface area contributed by atoms with E-state index in [1.807, 2.05) is 31.2 Å². The zero-order valence-electron chi connectivity index (χ0n) is 15.1. The molecule has 1 atom stereocenters. The maximum Gasteiger partial charge on any atom is 0.244 e. The highest BCUT2D eigenvalue weighted by Gasteiger charge is 2.10. The van der Waals surface area contributed by atoms with E-state index in [-0.39, 0.29) is 11.6 Å². The fraction of sp³-hybridized carbons (Fsp3) is 0.0909. The van der Waals surface area contributed by atoms with Gasteiger partial charge in [0.2, 0.25) is 5.91 Å². The summed E-state index contributed by atoms with van der Waals surface area (Å²) < 4.78 is 32.6. The number of halogens is 2. The number of aromatic nitrogens is 1. The van der Waals surface area contributed by atoms with Crippen molar-refractivity contribution in [2.45, 2.75) is 13.0 Å². The van der Waals surface area contributed by atoms with Crippen LogP contribution in [0.1, 0.15) is 24.1 Å². The number of amides is 1. The largest absolute Gasteiger partial charge is 0.457 e. The Morgan fingerprint density at radius 1 is 1.07 bits per heavy atom. The molecular formula is C22H18F2N2O2. The molecule has 3 aromatic rings. The fourth-order valence-corrected chi connectivity index (χ4v) is 2.55. The van der Waals surface area contributed by atoms with E-state index in [0.717, 1.165) is 11.6 Å². The minimum atomic E-state index is -0.986. The third kappa shape index (κ3) is 5.01. The Bertz CT molecular complexity index is 991. The molecule has 2 aromatic carbocycles. The van der Waals surface area contributed by atoms with E-state index in [1.54, 1.807) is 24.5 Å². The number of rotatable bonds is 6. The summed E-state index contributed by atoms with van der Waals surface area (Å²) in [4.78, 5) is 16.1. The predicted octanol–water partition coefficient (Wildman–Crippen LogP) is 5.04. The lowest BCUT2D eigenvalue weighted by Gasteiger charge is -2.14. The highest BCUT2D eigenvalue weighted by Crippen LogP contribution is 2.24. The number of hydrogen-bond acceptors (Lipinski definition) is 3. The van der Waals surface area contributed by atoms with Crippen molar-refractivity contribution in [2.75, 3.05) is 0 Å². The minimum absolute atomic E-state index is 0.00977. The summed E-state index contributed by atoms with van der Waals surface area (Å²) in [7, 11) is 0. The zero-order valence-corrected chi connectivity index (χ0v) is 15.1. The third-order valence-corrected chi connectivity index (χ3v) is 4.00. The maximum atomic E-state index is 13.6. The molecule has 0 saturated carbocycles. The third-order valence-electron chi connectivity index (χ3n) is 4.00. The van der Waals surface area contributed by atoms with Gasteiger partial charge >= 0.3 is 0 Å². The van der Waals surface area contributed by atoms with E-state index in [0.29, 0.717) is 11.5 Å². The van der Waals surface area contributed by atoms with Gasteiger partial charge in [0.15, 0.2) is 11.6 Å². The number of benzene rings is 2. The summed E-state index contributed by atoms with van der Waals surface area (Å²) in [5.41, 5.74) is 0.848. The molecule has 28 heavy (non-hydrogen) atoms. The Morgan fingerprint density at radius 2 is 1.82 bits per heavy atom. The van der Waals surface area contributed by atoms with E-state index < -0.39 is 17.5 Å². The number of nitrogens with zero attached hydrogens (tertiary/aromatic N) is 1. The molecule has 0 radical (unpaired) electrons. The van der Waals surface area contributed by atoms with Gasteiger partial charge in [0.05, 0.1) is 6.04 Å². The van der Waals surface area contributed by atoms with Crippen molar-refractivity contribution in [1.82, 2.24) is 10.3 Å². The molecule has 1 amide bonds. The molecule has 1 aromatic heterocycles. The highest BCUT2D eigenvalue weighted by molar-refractivity contribution is 5.92. The summed E-state index contributed by atoms with van der Waals surface area (Å²) in [6.07, 6.45) is 5.68. The molecule has 1 heterocycles. The predicted molar refractivity (Wildman–Crippen MR) is 103 cm³/mol. The molecule has 0 spiro atoms. The lowest BCUT2D eigenvalue weighted by atomic mass is 10.1. The summed E-state index contributed by atoms with van der Waals surface area (Å²) in [5.74, 6) is -1.08. The second-order valence-corrected chi connectivity index (χ2v) is 6.06. The van der Waals surface area contributed by atoms with Gasteiger partial charge < -0.3 is 10.1 Å². The maximum absolute atomic E-state index is 13.6. The first kappa shape index (κ1) is 19.2. The molecule has 6 heteroatoms. The molecule has 0 bridgehead atoms. The average Bonchev–Trinajstić information content (AvgIpc) is 2.70. The van der Waals surface area contributed by atoms with Crippen molar-refractivity contribution < 1.29 is 18.3 Å². The lowest BCUT2D eigenvalue weighted by molar-refractivity contribution is -0.117. The molecule has 0 aliphatic heterocycles. The van der Waals surface area contributed by atoms with Gasteiger partial charge in [-0.2, -0.15) is 0 Å².